The number of methoxy groups -OCH3 is 1. The smallest absolute Gasteiger partial charge is 0.255 e. The van der Waals surface area contributed by atoms with Crippen LogP contribution in [-0.2, 0) is 6.42 Å². The molecular formula is C27H25FN2O3. The summed E-state index contributed by atoms with van der Waals surface area (Å²) in [6.45, 7) is 4.18. The van der Waals surface area contributed by atoms with Crippen LogP contribution >= 0.6 is 0 Å². The molecular weight excluding hydrogens is 419 g/mol. The molecule has 0 saturated heterocycles. The van der Waals surface area contributed by atoms with E-state index in [1.165, 1.54) is 24.3 Å². The number of fused-ring (bicyclic) bond motifs is 1. The quantitative estimate of drug-likeness (QED) is 0.418. The van der Waals surface area contributed by atoms with Gasteiger partial charge in [-0.1, -0.05) is 12.1 Å². The fraction of sp³-hybridized carbons (Fsp3) is 0.185. The highest BCUT2D eigenvalue weighted by Crippen LogP contribution is 2.32. The van der Waals surface area contributed by atoms with Crippen molar-refractivity contribution in [1.29, 1.82) is 0 Å². The monoisotopic (exact) mass is 444 g/mol. The van der Waals surface area contributed by atoms with Gasteiger partial charge in [0, 0.05) is 39.7 Å². The first-order chi connectivity index (χ1) is 15.7. The molecule has 0 bridgehead atoms. The highest BCUT2D eigenvalue weighted by atomic mass is 19.1. The molecule has 0 aliphatic carbocycles. The minimum atomic E-state index is -0.477. The Labute approximate surface area is 192 Å². The summed E-state index contributed by atoms with van der Waals surface area (Å²) in [5, 5.41) is 6.17. The lowest BCUT2D eigenvalue weighted by atomic mass is 9.85. The summed E-state index contributed by atoms with van der Waals surface area (Å²) >= 11 is 0. The van der Waals surface area contributed by atoms with Crippen LogP contribution in [-0.4, -0.2) is 24.3 Å². The average molecular weight is 445 g/mol. The number of ketones is 1. The lowest BCUT2D eigenvalue weighted by Crippen LogP contribution is -2.43. The Hall–Kier alpha value is -3.93. The Kier molecular flexibility index (Phi) is 6.01. The molecule has 0 unspecified atom stereocenters. The van der Waals surface area contributed by atoms with Crippen LogP contribution in [0.3, 0.4) is 0 Å². The standard InChI is InChI=1S/C27H25FN2O3/c1-27(2)16-19-9-12-22(33-3)14-23(19)24(30-27)15-25(31)17-7-10-21(11-8-17)29-26(32)18-5-4-6-20(28)13-18/h4-15,30H,16H2,1-3H3,(H,29,32). The van der Waals surface area contributed by atoms with Crippen LogP contribution in [0.5, 0.6) is 5.75 Å². The zero-order chi connectivity index (χ0) is 23.6. The highest BCUT2D eigenvalue weighted by Gasteiger charge is 2.28. The third-order valence-corrected chi connectivity index (χ3v) is 5.50. The summed E-state index contributed by atoms with van der Waals surface area (Å²) in [5.41, 5.74) is 3.86. The number of carbonyl (C=O) groups excluding carboxylic acids is 2. The third-order valence-electron chi connectivity index (χ3n) is 5.50. The molecule has 1 heterocycles. The molecule has 1 amide bonds. The van der Waals surface area contributed by atoms with E-state index < -0.39 is 11.7 Å². The second-order valence-electron chi connectivity index (χ2n) is 8.67. The molecule has 0 saturated carbocycles. The Bertz CT molecular complexity index is 1250. The van der Waals surface area contributed by atoms with Crippen LogP contribution in [0.2, 0.25) is 0 Å². The Balaban J connectivity index is 1.54. The highest BCUT2D eigenvalue weighted by molar-refractivity contribution is 6.09. The number of halogens is 1. The van der Waals surface area contributed by atoms with Crippen LogP contribution in [0, 0.1) is 5.82 Å². The predicted molar refractivity (Wildman–Crippen MR) is 127 cm³/mol. The largest absolute Gasteiger partial charge is 0.497 e. The van der Waals surface area contributed by atoms with Gasteiger partial charge in [0.15, 0.2) is 5.78 Å². The van der Waals surface area contributed by atoms with E-state index in [4.69, 9.17) is 4.74 Å². The molecule has 4 rings (SSSR count). The number of ether oxygens (including phenoxy) is 1. The molecule has 0 aromatic heterocycles. The second-order valence-corrected chi connectivity index (χ2v) is 8.67. The number of amides is 1. The first kappa shape index (κ1) is 22.3. The Morgan fingerprint density at radius 2 is 1.79 bits per heavy atom. The number of carbonyl (C=O) groups is 2. The first-order valence-electron chi connectivity index (χ1n) is 10.6. The van der Waals surface area contributed by atoms with Crippen molar-refractivity contribution in [1.82, 2.24) is 5.32 Å². The maximum Gasteiger partial charge on any atom is 0.255 e. The second kappa shape index (κ2) is 8.90. The van der Waals surface area contributed by atoms with Gasteiger partial charge in [-0.25, -0.2) is 4.39 Å². The van der Waals surface area contributed by atoms with Crippen molar-refractivity contribution >= 4 is 23.1 Å². The van der Waals surface area contributed by atoms with E-state index in [1.54, 1.807) is 37.5 Å². The van der Waals surface area contributed by atoms with Crippen molar-refractivity contribution in [3.8, 4) is 5.75 Å². The molecule has 3 aromatic rings. The van der Waals surface area contributed by atoms with Gasteiger partial charge in [-0.3, -0.25) is 9.59 Å². The van der Waals surface area contributed by atoms with E-state index in [1.807, 2.05) is 18.2 Å². The molecule has 1 aliphatic rings. The number of nitrogens with one attached hydrogen (secondary N) is 2. The number of rotatable bonds is 5. The van der Waals surface area contributed by atoms with Gasteiger partial charge >= 0.3 is 0 Å². The normalized spacial score (nSPS) is 15.3. The van der Waals surface area contributed by atoms with Gasteiger partial charge in [0.25, 0.3) is 5.91 Å². The molecule has 3 aromatic carbocycles. The maximum absolute atomic E-state index is 13.3. The summed E-state index contributed by atoms with van der Waals surface area (Å²) in [5.74, 6) is -0.329. The molecule has 0 spiro atoms. The van der Waals surface area contributed by atoms with E-state index in [0.717, 1.165) is 29.0 Å². The molecule has 6 heteroatoms. The van der Waals surface area contributed by atoms with Gasteiger partial charge in [0.1, 0.15) is 11.6 Å². The van der Waals surface area contributed by atoms with E-state index in [0.29, 0.717) is 11.3 Å². The van der Waals surface area contributed by atoms with Gasteiger partial charge < -0.3 is 15.4 Å². The van der Waals surface area contributed by atoms with Crippen molar-refractivity contribution in [2.75, 3.05) is 12.4 Å². The minimum Gasteiger partial charge on any atom is -0.497 e. The van der Waals surface area contributed by atoms with Gasteiger partial charge in [-0.2, -0.15) is 0 Å². The molecule has 168 valence electrons. The van der Waals surface area contributed by atoms with E-state index in [2.05, 4.69) is 24.5 Å². The van der Waals surface area contributed by atoms with Gasteiger partial charge in [0.05, 0.1) is 7.11 Å². The van der Waals surface area contributed by atoms with Gasteiger partial charge in [-0.05, 0) is 80.4 Å². The first-order valence-corrected chi connectivity index (χ1v) is 10.6. The predicted octanol–water partition coefficient (Wildman–Crippen LogP) is 5.23. The van der Waals surface area contributed by atoms with Crippen molar-refractivity contribution in [2.24, 2.45) is 0 Å². The zero-order valence-electron chi connectivity index (χ0n) is 18.7. The molecule has 2 N–H and O–H groups in total. The topological polar surface area (TPSA) is 67.4 Å². The molecule has 0 fully saturated rings. The van der Waals surface area contributed by atoms with E-state index in [-0.39, 0.29) is 16.9 Å². The molecule has 1 aliphatic heterocycles. The summed E-state index contributed by atoms with van der Waals surface area (Å²) in [7, 11) is 1.62. The fourth-order valence-corrected chi connectivity index (χ4v) is 3.92. The fourth-order valence-electron chi connectivity index (χ4n) is 3.92. The Morgan fingerprint density at radius 3 is 2.48 bits per heavy atom. The lowest BCUT2D eigenvalue weighted by Gasteiger charge is -2.35. The number of allylic oxidation sites excluding steroid dienone is 1. The van der Waals surface area contributed by atoms with E-state index in [9.17, 15) is 14.0 Å². The maximum atomic E-state index is 13.3. The molecule has 33 heavy (non-hydrogen) atoms. The zero-order valence-corrected chi connectivity index (χ0v) is 18.7. The van der Waals surface area contributed by atoms with Crippen molar-refractivity contribution < 1.29 is 18.7 Å². The van der Waals surface area contributed by atoms with Crippen LogP contribution in [0.4, 0.5) is 10.1 Å². The summed E-state index contributed by atoms with van der Waals surface area (Å²) in [6, 6.07) is 18.0. The molecule has 0 radical (unpaired) electrons. The average Bonchev–Trinajstić information content (AvgIpc) is 2.78. The molecule has 0 atom stereocenters. The van der Waals surface area contributed by atoms with Crippen LogP contribution < -0.4 is 15.4 Å². The summed E-state index contributed by atoms with van der Waals surface area (Å²) in [4.78, 5) is 25.3. The van der Waals surface area contributed by atoms with Gasteiger partial charge in [-0.15, -0.1) is 0 Å². The van der Waals surface area contributed by atoms with Crippen LogP contribution in [0.15, 0.2) is 72.8 Å². The van der Waals surface area contributed by atoms with Crippen LogP contribution in [0.25, 0.3) is 5.70 Å². The van der Waals surface area contributed by atoms with Crippen molar-refractivity contribution in [3.05, 3.63) is 101 Å². The van der Waals surface area contributed by atoms with Crippen LogP contribution in [0.1, 0.15) is 45.7 Å². The third kappa shape index (κ3) is 5.12. The lowest BCUT2D eigenvalue weighted by molar-refractivity contribution is 0.102. The van der Waals surface area contributed by atoms with E-state index >= 15 is 0 Å². The number of hydrogen-bond donors (Lipinski definition) is 2. The number of benzene rings is 3. The Morgan fingerprint density at radius 1 is 1.03 bits per heavy atom. The minimum absolute atomic E-state index is 0.160. The van der Waals surface area contributed by atoms with Crippen molar-refractivity contribution in [2.45, 2.75) is 25.8 Å². The summed E-state index contributed by atoms with van der Waals surface area (Å²) in [6.07, 6.45) is 2.43. The number of hydrogen-bond acceptors (Lipinski definition) is 4. The van der Waals surface area contributed by atoms with Gasteiger partial charge in [0.2, 0.25) is 0 Å². The SMILES string of the molecule is COc1ccc2c(c1)C(=CC(=O)c1ccc(NC(=O)c3cccc(F)c3)cc1)NC(C)(C)C2. The summed E-state index contributed by atoms with van der Waals surface area (Å²) < 4.78 is 18.7. The number of anilines is 1. The molecule has 5 nitrogen and oxygen atoms in total. The van der Waals surface area contributed by atoms with Crippen molar-refractivity contribution in [3.63, 3.8) is 0 Å².